The van der Waals surface area contributed by atoms with Gasteiger partial charge in [0.15, 0.2) is 0 Å². The molecular formula is C11H19NO. The Balaban J connectivity index is 2.91. The van der Waals surface area contributed by atoms with Crippen molar-refractivity contribution < 1.29 is 4.42 Å². The van der Waals surface area contributed by atoms with Crippen LogP contribution in [0.25, 0.3) is 0 Å². The summed E-state index contributed by atoms with van der Waals surface area (Å²) in [7, 11) is 0. The molecule has 1 atom stereocenters. The fourth-order valence-corrected chi connectivity index (χ4v) is 1.54. The van der Waals surface area contributed by atoms with Crippen molar-refractivity contribution in [3.05, 3.63) is 23.7 Å². The molecule has 0 aliphatic carbocycles. The zero-order valence-electron chi connectivity index (χ0n) is 8.92. The second-order valence-electron chi connectivity index (χ2n) is 4.60. The lowest BCUT2D eigenvalue weighted by atomic mass is 9.79. The van der Waals surface area contributed by atoms with E-state index < -0.39 is 0 Å². The third-order valence-electron chi connectivity index (χ3n) is 2.39. The molecule has 13 heavy (non-hydrogen) atoms. The fraction of sp³-hybridized carbons (Fsp3) is 0.636. The Morgan fingerprint density at radius 2 is 2.00 bits per heavy atom. The Bertz CT molecular complexity index is 270. The summed E-state index contributed by atoms with van der Waals surface area (Å²) in [5, 5.41) is 0. The van der Waals surface area contributed by atoms with Gasteiger partial charge in [-0.15, -0.1) is 0 Å². The van der Waals surface area contributed by atoms with Crippen molar-refractivity contribution >= 4 is 0 Å². The topological polar surface area (TPSA) is 39.2 Å². The third kappa shape index (κ3) is 2.34. The molecule has 2 N–H and O–H groups in total. The van der Waals surface area contributed by atoms with Crippen molar-refractivity contribution in [1.82, 2.24) is 0 Å². The lowest BCUT2D eigenvalue weighted by molar-refractivity contribution is 0.281. The van der Waals surface area contributed by atoms with E-state index in [2.05, 4.69) is 20.8 Å². The third-order valence-corrected chi connectivity index (χ3v) is 2.39. The molecule has 1 aromatic heterocycles. The summed E-state index contributed by atoms with van der Waals surface area (Å²) in [4.78, 5) is 0. The monoisotopic (exact) mass is 181 g/mol. The standard InChI is InChI=1S/C11H19NO/c1-8-5-6-10(13-8)9(7-12)11(2,3)4/h5-6,9H,7,12H2,1-4H3. The molecule has 0 aromatic carbocycles. The number of hydrogen-bond acceptors (Lipinski definition) is 2. The quantitative estimate of drug-likeness (QED) is 0.761. The summed E-state index contributed by atoms with van der Waals surface area (Å²) in [6.07, 6.45) is 0. The summed E-state index contributed by atoms with van der Waals surface area (Å²) in [6, 6.07) is 4.02. The maximum Gasteiger partial charge on any atom is 0.109 e. The number of furan rings is 1. The Morgan fingerprint density at radius 3 is 2.31 bits per heavy atom. The average molecular weight is 181 g/mol. The molecule has 1 heterocycles. The largest absolute Gasteiger partial charge is 0.466 e. The van der Waals surface area contributed by atoms with E-state index in [0.29, 0.717) is 12.5 Å². The van der Waals surface area contributed by atoms with Gasteiger partial charge in [0.05, 0.1) is 0 Å². The molecule has 0 spiro atoms. The summed E-state index contributed by atoms with van der Waals surface area (Å²) in [5.74, 6) is 2.27. The Labute approximate surface area is 80.1 Å². The smallest absolute Gasteiger partial charge is 0.109 e. The van der Waals surface area contributed by atoms with Crippen LogP contribution >= 0.6 is 0 Å². The van der Waals surface area contributed by atoms with E-state index in [9.17, 15) is 0 Å². The molecule has 2 heteroatoms. The van der Waals surface area contributed by atoms with Gasteiger partial charge in [0.25, 0.3) is 0 Å². The highest BCUT2D eigenvalue weighted by Crippen LogP contribution is 2.34. The molecule has 1 aromatic rings. The Kier molecular flexibility index (Phi) is 2.81. The van der Waals surface area contributed by atoms with Crippen LogP contribution < -0.4 is 5.73 Å². The minimum Gasteiger partial charge on any atom is -0.466 e. The van der Waals surface area contributed by atoms with Gasteiger partial charge in [-0.25, -0.2) is 0 Å². The van der Waals surface area contributed by atoms with E-state index in [1.807, 2.05) is 19.1 Å². The predicted octanol–water partition coefficient (Wildman–Crippen LogP) is 2.68. The first-order valence-corrected chi connectivity index (χ1v) is 4.71. The maximum absolute atomic E-state index is 5.74. The van der Waals surface area contributed by atoms with Crippen molar-refractivity contribution in [2.45, 2.75) is 33.6 Å². The fourth-order valence-electron chi connectivity index (χ4n) is 1.54. The molecule has 1 unspecified atom stereocenters. The normalized spacial score (nSPS) is 14.5. The van der Waals surface area contributed by atoms with Crippen LogP contribution in [0.1, 0.15) is 38.2 Å². The lowest BCUT2D eigenvalue weighted by Crippen LogP contribution is -2.25. The summed E-state index contributed by atoms with van der Waals surface area (Å²) in [6.45, 7) is 9.14. The van der Waals surface area contributed by atoms with Crippen LogP contribution in [-0.4, -0.2) is 6.54 Å². The first-order chi connectivity index (χ1) is 5.95. The van der Waals surface area contributed by atoms with Crippen LogP contribution in [0.3, 0.4) is 0 Å². The van der Waals surface area contributed by atoms with E-state index >= 15 is 0 Å². The summed E-state index contributed by atoms with van der Waals surface area (Å²) >= 11 is 0. The molecule has 0 radical (unpaired) electrons. The summed E-state index contributed by atoms with van der Waals surface area (Å²) in [5.41, 5.74) is 5.91. The van der Waals surface area contributed by atoms with Gasteiger partial charge >= 0.3 is 0 Å². The molecule has 74 valence electrons. The second kappa shape index (κ2) is 3.54. The first kappa shape index (κ1) is 10.3. The molecule has 0 amide bonds. The molecule has 0 saturated heterocycles. The molecule has 0 fully saturated rings. The van der Waals surface area contributed by atoms with E-state index in [1.54, 1.807) is 0 Å². The van der Waals surface area contributed by atoms with Crippen molar-refractivity contribution in [2.24, 2.45) is 11.1 Å². The van der Waals surface area contributed by atoms with Gasteiger partial charge in [-0.2, -0.15) is 0 Å². The SMILES string of the molecule is Cc1ccc(C(CN)C(C)(C)C)o1. The van der Waals surface area contributed by atoms with Gasteiger partial charge in [-0.3, -0.25) is 0 Å². The van der Waals surface area contributed by atoms with Crippen LogP contribution in [0.2, 0.25) is 0 Å². The van der Waals surface area contributed by atoms with Crippen molar-refractivity contribution in [1.29, 1.82) is 0 Å². The molecule has 1 rings (SSSR count). The molecular weight excluding hydrogens is 162 g/mol. The number of hydrogen-bond donors (Lipinski definition) is 1. The highest BCUT2D eigenvalue weighted by Gasteiger charge is 2.27. The van der Waals surface area contributed by atoms with E-state index in [4.69, 9.17) is 10.2 Å². The minimum absolute atomic E-state index is 0.166. The van der Waals surface area contributed by atoms with Gasteiger partial charge in [-0.1, -0.05) is 20.8 Å². The lowest BCUT2D eigenvalue weighted by Gasteiger charge is -2.27. The van der Waals surface area contributed by atoms with Crippen LogP contribution in [0, 0.1) is 12.3 Å². The van der Waals surface area contributed by atoms with Crippen LogP contribution in [0.4, 0.5) is 0 Å². The van der Waals surface area contributed by atoms with Gasteiger partial charge in [0.2, 0.25) is 0 Å². The van der Waals surface area contributed by atoms with Gasteiger partial charge in [0, 0.05) is 12.5 Å². The molecule has 0 saturated carbocycles. The average Bonchev–Trinajstić information content (AvgIpc) is 2.34. The summed E-state index contributed by atoms with van der Waals surface area (Å²) < 4.78 is 5.58. The zero-order chi connectivity index (χ0) is 10.1. The van der Waals surface area contributed by atoms with Crippen LogP contribution in [0.5, 0.6) is 0 Å². The van der Waals surface area contributed by atoms with Crippen molar-refractivity contribution in [3.63, 3.8) is 0 Å². The predicted molar refractivity (Wildman–Crippen MR) is 54.7 cm³/mol. The highest BCUT2D eigenvalue weighted by molar-refractivity contribution is 5.13. The number of aryl methyl sites for hydroxylation is 1. The first-order valence-electron chi connectivity index (χ1n) is 4.71. The highest BCUT2D eigenvalue weighted by atomic mass is 16.3. The van der Waals surface area contributed by atoms with E-state index in [0.717, 1.165) is 11.5 Å². The van der Waals surface area contributed by atoms with Crippen LogP contribution in [0.15, 0.2) is 16.5 Å². The molecule has 0 bridgehead atoms. The Hall–Kier alpha value is -0.760. The Morgan fingerprint density at radius 1 is 1.38 bits per heavy atom. The molecule has 2 nitrogen and oxygen atoms in total. The van der Waals surface area contributed by atoms with E-state index in [-0.39, 0.29) is 5.41 Å². The van der Waals surface area contributed by atoms with Gasteiger partial charge < -0.3 is 10.2 Å². The molecule has 0 aliphatic heterocycles. The van der Waals surface area contributed by atoms with Crippen LogP contribution in [-0.2, 0) is 0 Å². The van der Waals surface area contributed by atoms with Crippen molar-refractivity contribution in [2.75, 3.05) is 6.54 Å². The number of rotatable bonds is 2. The number of nitrogens with two attached hydrogens (primary N) is 1. The van der Waals surface area contributed by atoms with Crippen molar-refractivity contribution in [3.8, 4) is 0 Å². The second-order valence-corrected chi connectivity index (χ2v) is 4.60. The van der Waals surface area contributed by atoms with Gasteiger partial charge in [0.1, 0.15) is 11.5 Å². The van der Waals surface area contributed by atoms with Gasteiger partial charge in [-0.05, 0) is 24.5 Å². The maximum atomic E-state index is 5.74. The zero-order valence-corrected chi connectivity index (χ0v) is 8.92. The minimum atomic E-state index is 0.166. The molecule has 0 aliphatic rings. The van der Waals surface area contributed by atoms with E-state index in [1.165, 1.54) is 0 Å².